The molecule has 11 rings (SSSR count). The molecule has 0 amide bonds. The second kappa shape index (κ2) is 13.0. The number of para-hydroxylation sites is 2. The van der Waals surface area contributed by atoms with Gasteiger partial charge < -0.3 is 9.15 Å². The first-order chi connectivity index (χ1) is 28.2. The highest BCUT2D eigenvalue weighted by molar-refractivity contribution is 6.24. The summed E-state index contributed by atoms with van der Waals surface area (Å²) in [6.07, 6.45) is 1.81. The van der Waals surface area contributed by atoms with Crippen LogP contribution < -0.4 is 4.74 Å². The van der Waals surface area contributed by atoms with Crippen LogP contribution in [-0.4, -0.2) is 17.9 Å². The molecule has 1 spiro atoms. The van der Waals surface area contributed by atoms with Crippen LogP contribution in [0.4, 0.5) is 0 Å². The van der Waals surface area contributed by atoms with Gasteiger partial charge in [-0.25, -0.2) is 9.98 Å². The van der Waals surface area contributed by atoms with Crippen LogP contribution in [0.3, 0.4) is 0 Å². The van der Waals surface area contributed by atoms with Crippen LogP contribution in [0.5, 0.6) is 11.5 Å². The van der Waals surface area contributed by atoms with E-state index < -0.39 is 5.41 Å². The van der Waals surface area contributed by atoms with Crippen molar-refractivity contribution in [1.82, 2.24) is 0 Å². The molecule has 9 aromatic rings. The number of fused-ring (bicyclic) bond motifs is 13. The number of rotatable bonds is 4. The van der Waals surface area contributed by atoms with Crippen molar-refractivity contribution in [2.75, 3.05) is 0 Å². The van der Waals surface area contributed by atoms with Gasteiger partial charge in [-0.05, 0) is 51.6 Å². The minimum absolute atomic E-state index is 0.119. The summed E-state index contributed by atoms with van der Waals surface area (Å²) >= 11 is 0. The van der Waals surface area contributed by atoms with E-state index in [1.807, 2.05) is 109 Å². The van der Waals surface area contributed by atoms with Gasteiger partial charge in [0, 0.05) is 44.8 Å². The Kier molecular flexibility index (Phi) is 7.47. The Labute approximate surface area is 329 Å². The highest BCUT2D eigenvalue weighted by Crippen LogP contribution is 2.63. The predicted molar refractivity (Wildman–Crippen MR) is 230 cm³/mol. The zero-order chi connectivity index (χ0) is 37.9. The molecular weight excluding hydrogens is 699 g/mol. The molecule has 0 radical (unpaired) electrons. The van der Waals surface area contributed by atoms with E-state index in [4.69, 9.17) is 19.1 Å². The van der Waals surface area contributed by atoms with Crippen molar-refractivity contribution in [1.29, 1.82) is 5.41 Å². The second-order valence-electron chi connectivity index (χ2n) is 14.4. The van der Waals surface area contributed by atoms with E-state index in [2.05, 4.69) is 84.9 Å². The zero-order valence-electron chi connectivity index (χ0n) is 30.7. The summed E-state index contributed by atoms with van der Waals surface area (Å²) in [5.41, 5.74) is 12.3. The van der Waals surface area contributed by atoms with Gasteiger partial charge in [-0.15, -0.1) is 0 Å². The van der Waals surface area contributed by atoms with E-state index in [9.17, 15) is 5.41 Å². The lowest BCUT2D eigenvalue weighted by Gasteiger charge is -2.39. The quantitative estimate of drug-likeness (QED) is 0.145. The molecule has 1 N–H and O–H groups in total. The normalized spacial score (nSPS) is 13.6. The van der Waals surface area contributed by atoms with Gasteiger partial charge in [0.25, 0.3) is 0 Å². The molecule has 0 fully saturated rings. The monoisotopic (exact) mass is 731 g/mol. The lowest BCUT2D eigenvalue weighted by atomic mass is 9.66. The van der Waals surface area contributed by atoms with Crippen LogP contribution in [0.1, 0.15) is 38.9 Å². The number of nitrogens with zero attached hydrogens (tertiary/aromatic N) is 2. The molecule has 0 unspecified atom stereocenters. The topological polar surface area (TPSA) is 70.9 Å². The fourth-order valence-electron chi connectivity index (χ4n) is 8.86. The largest absolute Gasteiger partial charge is 0.457 e. The molecule has 5 nitrogen and oxygen atoms in total. The lowest BCUT2D eigenvalue weighted by molar-refractivity contribution is 0.436. The molecule has 268 valence electrons. The zero-order valence-corrected chi connectivity index (χ0v) is 30.7. The van der Waals surface area contributed by atoms with Crippen molar-refractivity contribution in [3.63, 3.8) is 0 Å². The number of hydrogen-bond acceptors (Lipinski definition) is 3. The molecule has 1 aliphatic heterocycles. The molecule has 1 aliphatic carbocycles. The lowest BCUT2D eigenvalue weighted by Crippen LogP contribution is -2.32. The summed E-state index contributed by atoms with van der Waals surface area (Å²) in [5, 5.41) is 11.1. The van der Waals surface area contributed by atoms with Crippen LogP contribution >= 0.6 is 0 Å². The summed E-state index contributed by atoms with van der Waals surface area (Å²) in [6.45, 7) is 0. The van der Waals surface area contributed by atoms with Gasteiger partial charge in [0.2, 0.25) is 0 Å². The number of aliphatic imine (C=N–C) groups is 2. The molecule has 2 heterocycles. The molecule has 57 heavy (non-hydrogen) atoms. The highest BCUT2D eigenvalue weighted by Gasteiger charge is 2.51. The van der Waals surface area contributed by atoms with Gasteiger partial charge in [0.05, 0.1) is 5.41 Å². The first-order valence-corrected chi connectivity index (χ1v) is 19.1. The number of ether oxygens (including phenoxy) is 1. The molecular formula is C52H33N3O2. The molecule has 0 saturated heterocycles. The van der Waals surface area contributed by atoms with E-state index in [0.29, 0.717) is 11.4 Å². The average molecular weight is 732 g/mol. The second-order valence-corrected chi connectivity index (χ2v) is 14.4. The maximum absolute atomic E-state index is 9.22. The minimum atomic E-state index is -0.606. The Balaban J connectivity index is 1.12. The van der Waals surface area contributed by atoms with E-state index >= 15 is 0 Å². The van der Waals surface area contributed by atoms with E-state index in [-0.39, 0.29) is 5.84 Å². The fraction of sp³-hybridized carbons (Fsp3) is 0.0192. The predicted octanol–water partition coefficient (Wildman–Crippen LogP) is 12.6. The highest BCUT2D eigenvalue weighted by atomic mass is 16.5. The Bertz CT molecular complexity index is 3060. The minimum Gasteiger partial charge on any atom is -0.457 e. The smallest absolute Gasteiger partial charge is 0.162 e. The van der Waals surface area contributed by atoms with Crippen LogP contribution in [0.2, 0.25) is 0 Å². The van der Waals surface area contributed by atoms with Crippen LogP contribution in [-0.2, 0) is 5.41 Å². The molecule has 1 aromatic heterocycles. The Hall–Kier alpha value is -7.63. The molecule has 8 aromatic carbocycles. The van der Waals surface area contributed by atoms with Crippen molar-refractivity contribution in [3.8, 4) is 33.8 Å². The van der Waals surface area contributed by atoms with E-state index in [1.165, 1.54) is 5.56 Å². The summed E-state index contributed by atoms with van der Waals surface area (Å²) < 4.78 is 13.5. The Morgan fingerprint density at radius 1 is 0.544 bits per heavy atom. The van der Waals surface area contributed by atoms with Crippen molar-refractivity contribution in [3.05, 3.63) is 227 Å². The van der Waals surface area contributed by atoms with Crippen molar-refractivity contribution in [2.24, 2.45) is 9.98 Å². The first kappa shape index (κ1) is 32.8. The summed E-state index contributed by atoms with van der Waals surface area (Å²) in [7, 11) is 0. The number of furan rings is 1. The van der Waals surface area contributed by atoms with E-state index in [0.717, 1.165) is 83.5 Å². The third-order valence-corrected chi connectivity index (χ3v) is 11.3. The molecule has 5 heteroatoms. The number of nitrogens with one attached hydrogen (secondary N) is 1. The standard InChI is InChI=1S/C52H33N3O2/c53-50(36-28-26-35(27-29-36)34-16-5-2-6-17-34)55-51(54-32-33-14-3-1-4-15-33)39-19-13-25-46-47(39)38-30-31-43-48(49(38)57-46)37-18-7-8-20-40(37)52(43)41-21-9-11-23-44(41)56-45-24-12-10-22-42(45)52/h1-32,53H. The molecule has 0 saturated carbocycles. The summed E-state index contributed by atoms with van der Waals surface area (Å²) in [6, 6.07) is 64.1. The van der Waals surface area contributed by atoms with Gasteiger partial charge in [0.15, 0.2) is 11.7 Å². The maximum atomic E-state index is 9.22. The van der Waals surface area contributed by atoms with Crippen LogP contribution in [0.25, 0.3) is 44.2 Å². The van der Waals surface area contributed by atoms with Gasteiger partial charge in [-0.1, -0.05) is 170 Å². The van der Waals surface area contributed by atoms with E-state index in [1.54, 1.807) is 0 Å². The molecule has 0 bridgehead atoms. The summed E-state index contributed by atoms with van der Waals surface area (Å²) in [4.78, 5) is 9.93. The first-order valence-electron chi connectivity index (χ1n) is 19.1. The van der Waals surface area contributed by atoms with Gasteiger partial charge >= 0.3 is 0 Å². The van der Waals surface area contributed by atoms with Crippen molar-refractivity contribution >= 4 is 39.8 Å². The molecule has 0 atom stereocenters. The van der Waals surface area contributed by atoms with Crippen molar-refractivity contribution < 1.29 is 9.15 Å². The van der Waals surface area contributed by atoms with Crippen LogP contribution in [0, 0.1) is 5.41 Å². The maximum Gasteiger partial charge on any atom is 0.162 e. The third kappa shape index (κ3) is 5.06. The number of hydrogen-bond donors (Lipinski definition) is 1. The average Bonchev–Trinajstić information content (AvgIpc) is 3.80. The van der Waals surface area contributed by atoms with Crippen molar-refractivity contribution in [2.45, 2.75) is 5.41 Å². The van der Waals surface area contributed by atoms with Crippen LogP contribution in [0.15, 0.2) is 202 Å². The Morgan fingerprint density at radius 2 is 1.18 bits per heavy atom. The fourth-order valence-corrected chi connectivity index (χ4v) is 8.86. The summed E-state index contributed by atoms with van der Waals surface area (Å²) in [5.74, 6) is 2.24. The Morgan fingerprint density at radius 3 is 1.91 bits per heavy atom. The van der Waals surface area contributed by atoms with Gasteiger partial charge in [-0.2, -0.15) is 0 Å². The molecule has 2 aliphatic rings. The SMILES string of the molecule is N=C(N=C(N=Cc1ccccc1)c1cccc2oc3c4c(ccc3c12)C1(c2ccccc2Oc2ccccc21)c1ccccc1-4)c1ccc(-c2ccccc2)cc1. The number of benzene rings is 8. The third-order valence-electron chi connectivity index (χ3n) is 11.3. The van der Waals surface area contributed by atoms with Gasteiger partial charge in [0.1, 0.15) is 22.7 Å². The van der Waals surface area contributed by atoms with Gasteiger partial charge in [-0.3, -0.25) is 5.41 Å². The number of amidine groups is 2.